The van der Waals surface area contributed by atoms with E-state index < -0.39 is 0 Å². The minimum absolute atomic E-state index is 0.0392. The average Bonchev–Trinajstić information content (AvgIpc) is 2.91. The number of amidine groups is 1. The quantitative estimate of drug-likeness (QED) is 0.388. The standard InChI is InChI=1S/C16H16ClN3O/c1-9-5-13(17)7-12-8-14(21-15(9)12)10-3-2-4-11(6-10)16(18)20-19/h2-7,14H,8,19H2,1H3,(H2,18,20). The van der Waals surface area contributed by atoms with Gasteiger partial charge < -0.3 is 16.3 Å². The van der Waals surface area contributed by atoms with E-state index in [1.807, 2.05) is 43.3 Å². The van der Waals surface area contributed by atoms with E-state index in [0.29, 0.717) is 5.84 Å². The maximum atomic E-state index is 6.11. The molecular weight excluding hydrogens is 286 g/mol. The smallest absolute Gasteiger partial charge is 0.150 e. The number of hydrazone groups is 1. The number of fused-ring (bicyclic) bond motifs is 1. The van der Waals surface area contributed by atoms with Crippen LogP contribution in [-0.4, -0.2) is 5.84 Å². The van der Waals surface area contributed by atoms with E-state index in [9.17, 15) is 0 Å². The molecule has 0 aliphatic carbocycles. The Hall–Kier alpha value is -2.20. The number of halogens is 1. The Morgan fingerprint density at radius 2 is 2.14 bits per heavy atom. The number of benzene rings is 2. The van der Waals surface area contributed by atoms with Gasteiger partial charge in [0.05, 0.1) is 0 Å². The monoisotopic (exact) mass is 301 g/mol. The maximum Gasteiger partial charge on any atom is 0.150 e. The van der Waals surface area contributed by atoms with Crippen molar-refractivity contribution >= 4 is 17.4 Å². The summed E-state index contributed by atoms with van der Waals surface area (Å²) in [6.45, 7) is 2.00. The number of ether oxygens (including phenoxy) is 1. The van der Waals surface area contributed by atoms with E-state index >= 15 is 0 Å². The highest BCUT2D eigenvalue weighted by atomic mass is 35.5. The summed E-state index contributed by atoms with van der Waals surface area (Å²) in [4.78, 5) is 0. The summed E-state index contributed by atoms with van der Waals surface area (Å²) in [7, 11) is 0. The highest BCUT2D eigenvalue weighted by molar-refractivity contribution is 6.30. The van der Waals surface area contributed by atoms with E-state index in [0.717, 1.165) is 39.4 Å². The topological polar surface area (TPSA) is 73.6 Å². The van der Waals surface area contributed by atoms with Crippen molar-refractivity contribution < 1.29 is 4.74 Å². The Morgan fingerprint density at radius 1 is 1.33 bits per heavy atom. The van der Waals surface area contributed by atoms with E-state index in [4.69, 9.17) is 27.9 Å². The third-order valence-corrected chi connectivity index (χ3v) is 3.89. The van der Waals surface area contributed by atoms with E-state index in [1.165, 1.54) is 0 Å². The molecule has 0 fully saturated rings. The number of rotatable bonds is 2. The molecule has 5 heteroatoms. The minimum Gasteiger partial charge on any atom is -0.485 e. The molecule has 1 atom stereocenters. The van der Waals surface area contributed by atoms with Crippen molar-refractivity contribution in [1.29, 1.82) is 0 Å². The molecule has 21 heavy (non-hydrogen) atoms. The largest absolute Gasteiger partial charge is 0.485 e. The number of nitrogens with zero attached hydrogens (tertiary/aromatic N) is 1. The van der Waals surface area contributed by atoms with Crippen molar-refractivity contribution in [1.82, 2.24) is 0 Å². The first-order chi connectivity index (χ1) is 10.1. The fourth-order valence-corrected chi connectivity index (χ4v) is 2.96. The molecule has 0 aromatic heterocycles. The summed E-state index contributed by atoms with van der Waals surface area (Å²) in [5, 5.41) is 4.27. The van der Waals surface area contributed by atoms with Crippen LogP contribution in [0.5, 0.6) is 5.75 Å². The lowest BCUT2D eigenvalue weighted by molar-refractivity contribution is 0.237. The first-order valence-corrected chi connectivity index (χ1v) is 7.05. The fourth-order valence-electron chi connectivity index (χ4n) is 2.66. The van der Waals surface area contributed by atoms with Crippen LogP contribution in [0.4, 0.5) is 0 Å². The molecular formula is C16H16ClN3O. The zero-order valence-corrected chi connectivity index (χ0v) is 12.4. The van der Waals surface area contributed by atoms with Gasteiger partial charge in [-0.2, -0.15) is 5.10 Å². The molecule has 108 valence electrons. The van der Waals surface area contributed by atoms with Crippen molar-refractivity contribution in [3.8, 4) is 5.75 Å². The van der Waals surface area contributed by atoms with Gasteiger partial charge >= 0.3 is 0 Å². The van der Waals surface area contributed by atoms with E-state index in [-0.39, 0.29) is 6.10 Å². The number of aryl methyl sites for hydroxylation is 1. The lowest BCUT2D eigenvalue weighted by Gasteiger charge is -2.13. The van der Waals surface area contributed by atoms with Crippen molar-refractivity contribution in [2.45, 2.75) is 19.4 Å². The Balaban J connectivity index is 1.93. The summed E-state index contributed by atoms with van der Waals surface area (Å²) < 4.78 is 6.08. The Labute approximate surface area is 128 Å². The second-order valence-corrected chi connectivity index (χ2v) is 5.60. The minimum atomic E-state index is -0.0392. The highest BCUT2D eigenvalue weighted by Crippen LogP contribution is 2.40. The second-order valence-electron chi connectivity index (χ2n) is 5.16. The summed E-state index contributed by atoms with van der Waals surface area (Å²) in [5.41, 5.74) is 9.79. The molecule has 0 saturated heterocycles. The van der Waals surface area contributed by atoms with Gasteiger partial charge in [0.2, 0.25) is 0 Å². The third-order valence-electron chi connectivity index (χ3n) is 3.68. The summed E-state index contributed by atoms with van der Waals surface area (Å²) in [6.07, 6.45) is 0.752. The van der Waals surface area contributed by atoms with Crippen molar-refractivity contribution in [2.75, 3.05) is 0 Å². The molecule has 0 spiro atoms. The van der Waals surface area contributed by atoms with Crippen LogP contribution < -0.4 is 16.3 Å². The molecule has 1 aliphatic heterocycles. The molecule has 1 heterocycles. The molecule has 0 radical (unpaired) electrons. The van der Waals surface area contributed by atoms with Crippen LogP contribution in [0.25, 0.3) is 0 Å². The Morgan fingerprint density at radius 3 is 2.90 bits per heavy atom. The van der Waals surface area contributed by atoms with Gasteiger partial charge in [0.15, 0.2) is 0 Å². The Kier molecular flexibility index (Phi) is 3.47. The zero-order valence-electron chi connectivity index (χ0n) is 11.6. The molecule has 4 nitrogen and oxygen atoms in total. The first-order valence-electron chi connectivity index (χ1n) is 6.68. The van der Waals surface area contributed by atoms with Crippen molar-refractivity contribution in [3.63, 3.8) is 0 Å². The first kappa shape index (κ1) is 13.8. The predicted molar refractivity (Wildman–Crippen MR) is 84.6 cm³/mol. The van der Waals surface area contributed by atoms with Crippen LogP contribution in [0, 0.1) is 6.92 Å². The molecule has 4 N–H and O–H groups in total. The normalized spacial score (nSPS) is 17.4. The van der Waals surface area contributed by atoms with Gasteiger partial charge in [0.1, 0.15) is 17.7 Å². The summed E-state index contributed by atoms with van der Waals surface area (Å²) in [5.74, 6) is 6.47. The maximum absolute atomic E-state index is 6.11. The molecule has 1 unspecified atom stereocenters. The Bertz CT molecular complexity index is 727. The average molecular weight is 302 g/mol. The number of nitrogens with two attached hydrogens (primary N) is 2. The second kappa shape index (κ2) is 5.30. The third kappa shape index (κ3) is 2.54. The number of hydrogen-bond donors (Lipinski definition) is 2. The van der Waals surface area contributed by atoms with E-state index in [2.05, 4.69) is 5.10 Å². The van der Waals surface area contributed by atoms with Gasteiger partial charge in [-0.1, -0.05) is 29.8 Å². The van der Waals surface area contributed by atoms with Crippen LogP contribution in [0.15, 0.2) is 41.5 Å². The highest BCUT2D eigenvalue weighted by Gasteiger charge is 2.26. The van der Waals surface area contributed by atoms with Crippen LogP contribution in [-0.2, 0) is 6.42 Å². The van der Waals surface area contributed by atoms with E-state index in [1.54, 1.807) is 0 Å². The van der Waals surface area contributed by atoms with Crippen LogP contribution in [0.3, 0.4) is 0 Å². The van der Waals surface area contributed by atoms with Crippen LogP contribution in [0.1, 0.15) is 28.4 Å². The molecule has 2 aromatic carbocycles. The fraction of sp³-hybridized carbons (Fsp3) is 0.188. The van der Waals surface area contributed by atoms with Gasteiger partial charge in [0, 0.05) is 17.0 Å². The van der Waals surface area contributed by atoms with Crippen LogP contribution >= 0.6 is 11.6 Å². The van der Waals surface area contributed by atoms with Crippen molar-refractivity contribution in [2.24, 2.45) is 16.7 Å². The summed E-state index contributed by atoms with van der Waals surface area (Å²) in [6, 6.07) is 11.6. The molecule has 0 amide bonds. The molecule has 0 bridgehead atoms. The molecule has 2 aromatic rings. The van der Waals surface area contributed by atoms with Gasteiger partial charge in [0.25, 0.3) is 0 Å². The number of hydrogen-bond acceptors (Lipinski definition) is 3. The lowest BCUT2D eigenvalue weighted by atomic mass is 10.0. The lowest BCUT2D eigenvalue weighted by Crippen LogP contribution is -2.16. The van der Waals surface area contributed by atoms with Crippen molar-refractivity contribution in [3.05, 3.63) is 63.7 Å². The van der Waals surface area contributed by atoms with Gasteiger partial charge in [-0.05, 0) is 41.8 Å². The molecule has 1 aliphatic rings. The van der Waals surface area contributed by atoms with Gasteiger partial charge in [-0.15, -0.1) is 0 Å². The van der Waals surface area contributed by atoms with Crippen LogP contribution in [0.2, 0.25) is 5.02 Å². The molecule has 3 rings (SSSR count). The molecule has 0 saturated carbocycles. The SMILES string of the molecule is Cc1cc(Cl)cc2c1OC(c1cccc(/C(N)=N/N)c1)C2. The summed E-state index contributed by atoms with van der Waals surface area (Å²) >= 11 is 6.11. The predicted octanol–water partition coefficient (Wildman–Crippen LogP) is 2.90. The zero-order chi connectivity index (χ0) is 15.0. The van der Waals surface area contributed by atoms with Gasteiger partial charge in [-0.3, -0.25) is 0 Å². The van der Waals surface area contributed by atoms with Gasteiger partial charge in [-0.25, -0.2) is 0 Å².